The van der Waals surface area contributed by atoms with Crippen LogP contribution in [0.25, 0.3) is 0 Å². The molecule has 4 nitrogen and oxygen atoms in total. The maximum atomic E-state index is 10.5. The number of aliphatic carboxylic acids is 1. The molecular weight excluding hydrogens is 172 g/mol. The lowest BCUT2D eigenvalue weighted by Gasteiger charge is -2.23. The van der Waals surface area contributed by atoms with Crippen molar-refractivity contribution in [2.75, 3.05) is 0 Å². The minimum atomic E-state index is -1.31. The number of rotatable bonds is 2. The average Bonchev–Trinajstić information content (AvgIpc) is 2.09. The number of carboxylic acids is 1. The summed E-state index contributed by atoms with van der Waals surface area (Å²) in [6.07, 6.45) is 1.08. The molecule has 3 N–H and O–H groups in total. The summed E-state index contributed by atoms with van der Waals surface area (Å²) in [5.41, 5.74) is 0.488. The van der Waals surface area contributed by atoms with Crippen LogP contribution in [-0.2, 0) is 4.79 Å². The highest BCUT2D eigenvalue weighted by Crippen LogP contribution is 2.21. The van der Waals surface area contributed by atoms with Gasteiger partial charge in [-0.15, -0.1) is 0 Å². The highest BCUT2D eigenvalue weighted by Gasteiger charge is 2.29. The van der Waals surface area contributed by atoms with Crippen LogP contribution in [0.1, 0.15) is 13.3 Å². The van der Waals surface area contributed by atoms with Crippen molar-refractivity contribution in [2.45, 2.75) is 25.6 Å². The fourth-order valence-corrected chi connectivity index (χ4v) is 1.29. The van der Waals surface area contributed by atoms with E-state index in [9.17, 15) is 15.0 Å². The van der Waals surface area contributed by atoms with E-state index in [4.69, 9.17) is 5.11 Å². The Hall–Kier alpha value is -1.13. The quantitative estimate of drug-likeness (QED) is 0.567. The summed E-state index contributed by atoms with van der Waals surface area (Å²) in [5.74, 6) is -1.20. The third-order valence-electron chi connectivity index (χ3n) is 2.13. The van der Waals surface area contributed by atoms with Crippen molar-refractivity contribution in [1.29, 1.82) is 0 Å². The van der Waals surface area contributed by atoms with Gasteiger partial charge in [-0.25, -0.2) is 4.79 Å². The summed E-state index contributed by atoms with van der Waals surface area (Å²) in [6, 6.07) is 0. The standard InChI is InChI=1S/C9H12O4/c1-2-5-3-4-6(9(12)13)8(11)7(5)10/h3-4,7-8,10-11H,2H2,1H3,(H,12,13). The average molecular weight is 184 g/mol. The van der Waals surface area contributed by atoms with Crippen LogP contribution in [0.3, 0.4) is 0 Å². The molecule has 0 heterocycles. The predicted octanol–water partition coefficient (Wildman–Crippen LogP) is 0.0692. The first-order chi connectivity index (χ1) is 6.07. The van der Waals surface area contributed by atoms with Gasteiger partial charge in [-0.1, -0.05) is 13.0 Å². The molecule has 0 saturated heterocycles. The van der Waals surface area contributed by atoms with Crippen molar-refractivity contribution in [3.8, 4) is 0 Å². The van der Waals surface area contributed by atoms with Gasteiger partial charge in [0.05, 0.1) is 5.57 Å². The molecule has 0 bridgehead atoms. The third-order valence-corrected chi connectivity index (χ3v) is 2.13. The van der Waals surface area contributed by atoms with Gasteiger partial charge in [0.2, 0.25) is 0 Å². The molecule has 2 atom stereocenters. The van der Waals surface area contributed by atoms with Crippen molar-refractivity contribution < 1.29 is 20.1 Å². The van der Waals surface area contributed by atoms with E-state index in [1.54, 1.807) is 6.08 Å². The zero-order valence-corrected chi connectivity index (χ0v) is 7.27. The molecule has 0 saturated carbocycles. The first kappa shape index (κ1) is 9.95. The first-order valence-electron chi connectivity index (χ1n) is 4.08. The van der Waals surface area contributed by atoms with Gasteiger partial charge in [-0.05, 0) is 18.1 Å². The number of aliphatic hydroxyl groups excluding tert-OH is 2. The Morgan fingerprint density at radius 3 is 2.46 bits per heavy atom. The van der Waals surface area contributed by atoms with E-state index in [0.717, 1.165) is 0 Å². The fourth-order valence-electron chi connectivity index (χ4n) is 1.29. The Kier molecular flexibility index (Phi) is 2.85. The summed E-state index contributed by atoms with van der Waals surface area (Å²) < 4.78 is 0. The van der Waals surface area contributed by atoms with Crippen LogP contribution in [0.2, 0.25) is 0 Å². The Balaban J connectivity index is 2.97. The Morgan fingerprint density at radius 2 is 2.00 bits per heavy atom. The van der Waals surface area contributed by atoms with Crippen LogP contribution in [0, 0.1) is 0 Å². The van der Waals surface area contributed by atoms with Crippen LogP contribution in [0.5, 0.6) is 0 Å². The number of carbonyl (C=O) groups is 1. The second-order valence-corrected chi connectivity index (χ2v) is 2.91. The number of allylic oxidation sites excluding steroid dienone is 2. The molecule has 1 aliphatic rings. The number of carboxylic acid groups (broad SMARTS) is 1. The lowest BCUT2D eigenvalue weighted by molar-refractivity contribution is -0.134. The smallest absolute Gasteiger partial charge is 0.334 e. The zero-order chi connectivity index (χ0) is 10.0. The SMILES string of the molecule is CCC1=CC=C(C(=O)O)C(O)C1O. The summed E-state index contributed by atoms with van der Waals surface area (Å²) in [7, 11) is 0. The molecular formula is C9H12O4. The predicted molar refractivity (Wildman–Crippen MR) is 46.1 cm³/mol. The third kappa shape index (κ3) is 1.79. The van der Waals surface area contributed by atoms with E-state index >= 15 is 0 Å². The second-order valence-electron chi connectivity index (χ2n) is 2.91. The van der Waals surface area contributed by atoms with E-state index in [-0.39, 0.29) is 5.57 Å². The van der Waals surface area contributed by atoms with Crippen molar-refractivity contribution in [1.82, 2.24) is 0 Å². The second kappa shape index (κ2) is 3.72. The number of aliphatic hydroxyl groups is 2. The minimum absolute atomic E-state index is 0.162. The van der Waals surface area contributed by atoms with Crippen LogP contribution >= 0.6 is 0 Å². The molecule has 4 heteroatoms. The van der Waals surface area contributed by atoms with E-state index in [2.05, 4.69) is 0 Å². The topological polar surface area (TPSA) is 77.8 Å². The Morgan fingerprint density at radius 1 is 1.38 bits per heavy atom. The molecule has 1 rings (SSSR count). The van der Waals surface area contributed by atoms with Gasteiger partial charge in [-0.3, -0.25) is 0 Å². The molecule has 0 aromatic rings. The van der Waals surface area contributed by atoms with E-state index < -0.39 is 18.2 Å². The van der Waals surface area contributed by atoms with Crippen molar-refractivity contribution >= 4 is 5.97 Å². The van der Waals surface area contributed by atoms with Crippen molar-refractivity contribution in [3.63, 3.8) is 0 Å². The Bertz CT molecular complexity index is 277. The van der Waals surface area contributed by atoms with Crippen molar-refractivity contribution in [2.24, 2.45) is 0 Å². The van der Waals surface area contributed by atoms with Gasteiger partial charge < -0.3 is 15.3 Å². The van der Waals surface area contributed by atoms with Crippen LogP contribution in [0.4, 0.5) is 0 Å². The molecule has 2 unspecified atom stereocenters. The molecule has 0 radical (unpaired) electrons. The molecule has 0 aromatic carbocycles. The van der Waals surface area contributed by atoms with Gasteiger partial charge in [-0.2, -0.15) is 0 Å². The molecule has 13 heavy (non-hydrogen) atoms. The molecule has 1 aliphatic carbocycles. The summed E-state index contributed by atoms with van der Waals surface area (Å²) in [4.78, 5) is 10.5. The van der Waals surface area contributed by atoms with Crippen LogP contribution in [-0.4, -0.2) is 33.5 Å². The van der Waals surface area contributed by atoms with Gasteiger partial charge in [0.15, 0.2) is 0 Å². The van der Waals surface area contributed by atoms with Gasteiger partial charge >= 0.3 is 5.97 Å². The van der Waals surface area contributed by atoms with E-state index in [1.807, 2.05) is 6.92 Å². The lowest BCUT2D eigenvalue weighted by atomic mass is 9.91. The summed E-state index contributed by atoms with van der Waals surface area (Å²) >= 11 is 0. The molecule has 0 aliphatic heterocycles. The summed E-state index contributed by atoms with van der Waals surface area (Å²) in [6.45, 7) is 1.83. The first-order valence-corrected chi connectivity index (χ1v) is 4.08. The molecule has 0 aromatic heterocycles. The van der Waals surface area contributed by atoms with E-state index in [1.165, 1.54) is 6.08 Å². The Labute approximate surface area is 75.8 Å². The van der Waals surface area contributed by atoms with E-state index in [0.29, 0.717) is 12.0 Å². The maximum Gasteiger partial charge on any atom is 0.334 e. The van der Waals surface area contributed by atoms with Gasteiger partial charge in [0, 0.05) is 0 Å². The maximum absolute atomic E-state index is 10.5. The molecule has 0 fully saturated rings. The largest absolute Gasteiger partial charge is 0.478 e. The molecule has 0 spiro atoms. The number of hydrogen-bond acceptors (Lipinski definition) is 3. The van der Waals surface area contributed by atoms with Gasteiger partial charge in [0.25, 0.3) is 0 Å². The van der Waals surface area contributed by atoms with Crippen LogP contribution in [0.15, 0.2) is 23.3 Å². The van der Waals surface area contributed by atoms with Crippen LogP contribution < -0.4 is 0 Å². The lowest BCUT2D eigenvalue weighted by Crippen LogP contribution is -2.34. The normalized spacial score (nSPS) is 27.9. The van der Waals surface area contributed by atoms with Gasteiger partial charge in [0.1, 0.15) is 12.2 Å². The highest BCUT2D eigenvalue weighted by atomic mass is 16.4. The fraction of sp³-hybridized carbons (Fsp3) is 0.444. The molecule has 0 amide bonds. The molecule has 72 valence electrons. The van der Waals surface area contributed by atoms with Crippen molar-refractivity contribution in [3.05, 3.63) is 23.3 Å². The summed E-state index contributed by atoms with van der Waals surface area (Å²) in [5, 5.41) is 27.4. The zero-order valence-electron chi connectivity index (χ0n) is 7.27. The number of hydrogen-bond donors (Lipinski definition) is 3. The highest BCUT2D eigenvalue weighted by molar-refractivity contribution is 5.88. The minimum Gasteiger partial charge on any atom is -0.478 e. The monoisotopic (exact) mass is 184 g/mol.